The molecule has 62 valence electrons. The first-order valence-electron chi connectivity index (χ1n) is 4.02. The maximum Gasteiger partial charge on any atom is 0.0466 e. The third-order valence-corrected chi connectivity index (χ3v) is 1.40. The largest absolute Gasteiger partial charge is 0.381 e. The van der Waals surface area contributed by atoms with Crippen molar-refractivity contribution in [3.05, 3.63) is 0 Å². The van der Waals surface area contributed by atoms with Crippen molar-refractivity contribution >= 4 is 0 Å². The van der Waals surface area contributed by atoms with E-state index in [1.807, 2.05) is 7.05 Å². The fraction of sp³-hybridized carbons (Fsp3) is 1.00. The predicted molar refractivity (Wildman–Crippen MR) is 44.2 cm³/mol. The Balaban J connectivity index is 0.000000162. The lowest BCUT2D eigenvalue weighted by Gasteiger charge is -1.95. The van der Waals surface area contributed by atoms with E-state index in [0.717, 1.165) is 13.2 Å². The second kappa shape index (κ2) is 7.03. The van der Waals surface area contributed by atoms with Crippen LogP contribution in [0.2, 0.25) is 0 Å². The van der Waals surface area contributed by atoms with Gasteiger partial charge in [0.05, 0.1) is 0 Å². The Kier molecular flexibility index (Phi) is 6.98. The molecule has 0 amide bonds. The normalized spacial score (nSPS) is 16.8. The Bertz CT molecular complexity index is 52.7. The van der Waals surface area contributed by atoms with Crippen LogP contribution >= 0.6 is 0 Å². The molecule has 0 saturated carbocycles. The van der Waals surface area contributed by atoms with Gasteiger partial charge in [-0.1, -0.05) is 13.8 Å². The summed E-state index contributed by atoms with van der Waals surface area (Å²) in [6.07, 6.45) is 2.56. The average Bonchev–Trinajstić information content (AvgIpc) is 2.43. The SMILES string of the molecule is C1CCOC1.CNC(C)C. The van der Waals surface area contributed by atoms with Gasteiger partial charge in [0.1, 0.15) is 0 Å². The molecule has 0 aliphatic carbocycles. The third-order valence-electron chi connectivity index (χ3n) is 1.40. The van der Waals surface area contributed by atoms with E-state index in [2.05, 4.69) is 19.2 Å². The van der Waals surface area contributed by atoms with E-state index in [9.17, 15) is 0 Å². The highest BCUT2D eigenvalue weighted by atomic mass is 16.5. The molecule has 1 aliphatic heterocycles. The number of ether oxygens (including phenoxy) is 1. The van der Waals surface area contributed by atoms with Gasteiger partial charge in [0.2, 0.25) is 0 Å². The summed E-state index contributed by atoms with van der Waals surface area (Å²) in [6, 6.07) is 0.634. The number of hydrogen-bond donors (Lipinski definition) is 1. The molecule has 0 aromatic rings. The monoisotopic (exact) mass is 145 g/mol. The van der Waals surface area contributed by atoms with E-state index in [1.165, 1.54) is 12.8 Å². The maximum atomic E-state index is 4.94. The third kappa shape index (κ3) is 7.92. The predicted octanol–water partition coefficient (Wildman–Crippen LogP) is 1.41. The minimum Gasteiger partial charge on any atom is -0.381 e. The quantitative estimate of drug-likeness (QED) is 0.602. The molecule has 0 aromatic heterocycles. The summed E-state index contributed by atoms with van der Waals surface area (Å²) >= 11 is 0. The molecule has 10 heavy (non-hydrogen) atoms. The highest BCUT2D eigenvalue weighted by molar-refractivity contribution is 4.43. The van der Waals surface area contributed by atoms with Crippen LogP contribution in [0.1, 0.15) is 26.7 Å². The Morgan fingerprint density at radius 3 is 1.70 bits per heavy atom. The highest BCUT2D eigenvalue weighted by Gasteiger charge is 1.94. The van der Waals surface area contributed by atoms with E-state index in [4.69, 9.17) is 4.74 Å². The zero-order valence-electron chi connectivity index (χ0n) is 7.31. The summed E-state index contributed by atoms with van der Waals surface area (Å²) in [4.78, 5) is 0. The summed E-state index contributed by atoms with van der Waals surface area (Å²) in [5, 5.41) is 3.03. The first-order valence-corrected chi connectivity index (χ1v) is 4.02. The van der Waals surface area contributed by atoms with E-state index >= 15 is 0 Å². The lowest BCUT2D eigenvalue weighted by Crippen LogP contribution is -2.15. The molecule has 2 heteroatoms. The summed E-state index contributed by atoms with van der Waals surface area (Å²) in [5.41, 5.74) is 0. The van der Waals surface area contributed by atoms with E-state index < -0.39 is 0 Å². The fourth-order valence-corrected chi connectivity index (χ4v) is 0.510. The van der Waals surface area contributed by atoms with Gasteiger partial charge in [-0.25, -0.2) is 0 Å². The van der Waals surface area contributed by atoms with Gasteiger partial charge in [-0.05, 0) is 19.9 Å². The van der Waals surface area contributed by atoms with Crippen molar-refractivity contribution in [1.29, 1.82) is 0 Å². The van der Waals surface area contributed by atoms with Crippen LogP contribution < -0.4 is 5.32 Å². The molecule has 0 atom stereocenters. The molecule has 1 fully saturated rings. The molecule has 1 rings (SSSR count). The summed E-state index contributed by atoms with van der Waals surface area (Å²) in [7, 11) is 1.95. The number of rotatable bonds is 1. The zero-order chi connectivity index (χ0) is 7.82. The first kappa shape index (κ1) is 9.92. The molecule has 2 nitrogen and oxygen atoms in total. The lowest BCUT2D eigenvalue weighted by atomic mass is 10.4. The summed E-state index contributed by atoms with van der Waals surface area (Å²) in [6.45, 7) is 6.22. The molecule has 0 aromatic carbocycles. The molecule has 0 radical (unpaired) electrons. The Morgan fingerprint density at radius 2 is 1.60 bits per heavy atom. The van der Waals surface area contributed by atoms with Crippen molar-refractivity contribution in [1.82, 2.24) is 5.32 Å². The molecule has 0 bridgehead atoms. The highest BCUT2D eigenvalue weighted by Crippen LogP contribution is 1.98. The lowest BCUT2D eigenvalue weighted by molar-refractivity contribution is 0.198. The van der Waals surface area contributed by atoms with E-state index in [1.54, 1.807) is 0 Å². The second-order valence-corrected chi connectivity index (χ2v) is 2.76. The van der Waals surface area contributed by atoms with Crippen LogP contribution in [0.25, 0.3) is 0 Å². The molecular weight excluding hydrogens is 126 g/mol. The van der Waals surface area contributed by atoms with Crippen molar-refractivity contribution in [2.24, 2.45) is 0 Å². The molecule has 1 heterocycles. The fourth-order valence-electron chi connectivity index (χ4n) is 0.510. The van der Waals surface area contributed by atoms with Gasteiger partial charge in [0, 0.05) is 19.3 Å². The molecule has 0 spiro atoms. The van der Waals surface area contributed by atoms with Crippen LogP contribution in [0, 0.1) is 0 Å². The van der Waals surface area contributed by atoms with Crippen LogP contribution in [0.4, 0.5) is 0 Å². The molecule has 1 N–H and O–H groups in total. The van der Waals surface area contributed by atoms with Gasteiger partial charge in [-0.15, -0.1) is 0 Å². The standard InChI is InChI=1S/C4H11N.C4H8O/c1-4(2)5-3;1-2-4-5-3-1/h4-5H,1-3H3;1-4H2. The van der Waals surface area contributed by atoms with Crippen LogP contribution in [0.5, 0.6) is 0 Å². The number of hydrogen-bond acceptors (Lipinski definition) is 2. The van der Waals surface area contributed by atoms with Gasteiger partial charge >= 0.3 is 0 Å². The van der Waals surface area contributed by atoms with Crippen molar-refractivity contribution in [2.75, 3.05) is 20.3 Å². The first-order chi connectivity index (χ1) is 4.77. The second-order valence-electron chi connectivity index (χ2n) is 2.76. The molecular formula is C8H19NO. The van der Waals surface area contributed by atoms with E-state index in [0.29, 0.717) is 6.04 Å². The van der Waals surface area contributed by atoms with Crippen LogP contribution in [0.3, 0.4) is 0 Å². The molecule has 1 aliphatic rings. The van der Waals surface area contributed by atoms with Gasteiger partial charge in [0.15, 0.2) is 0 Å². The number of nitrogens with one attached hydrogen (secondary N) is 1. The van der Waals surface area contributed by atoms with Crippen molar-refractivity contribution in [3.63, 3.8) is 0 Å². The maximum absolute atomic E-state index is 4.94. The summed E-state index contributed by atoms with van der Waals surface area (Å²) < 4.78 is 4.94. The van der Waals surface area contributed by atoms with Gasteiger partial charge in [-0.2, -0.15) is 0 Å². The Labute approximate surface area is 64.0 Å². The van der Waals surface area contributed by atoms with Crippen LogP contribution in [0.15, 0.2) is 0 Å². The Hall–Kier alpha value is -0.0800. The molecule has 1 saturated heterocycles. The van der Waals surface area contributed by atoms with Crippen LogP contribution in [-0.4, -0.2) is 26.3 Å². The minimum atomic E-state index is 0.634. The van der Waals surface area contributed by atoms with Crippen molar-refractivity contribution < 1.29 is 4.74 Å². The smallest absolute Gasteiger partial charge is 0.0466 e. The van der Waals surface area contributed by atoms with Gasteiger partial charge in [0.25, 0.3) is 0 Å². The van der Waals surface area contributed by atoms with Gasteiger partial charge < -0.3 is 10.1 Å². The van der Waals surface area contributed by atoms with Crippen molar-refractivity contribution in [2.45, 2.75) is 32.7 Å². The topological polar surface area (TPSA) is 21.3 Å². The zero-order valence-corrected chi connectivity index (χ0v) is 7.31. The summed E-state index contributed by atoms with van der Waals surface area (Å²) in [5.74, 6) is 0. The molecule has 0 unspecified atom stereocenters. The van der Waals surface area contributed by atoms with Crippen LogP contribution in [-0.2, 0) is 4.74 Å². The van der Waals surface area contributed by atoms with E-state index in [-0.39, 0.29) is 0 Å². The Morgan fingerprint density at radius 1 is 1.20 bits per heavy atom. The van der Waals surface area contributed by atoms with Gasteiger partial charge in [-0.3, -0.25) is 0 Å². The average molecular weight is 145 g/mol. The minimum absolute atomic E-state index is 0.634. The van der Waals surface area contributed by atoms with Crippen molar-refractivity contribution in [3.8, 4) is 0 Å².